The van der Waals surface area contributed by atoms with Gasteiger partial charge in [-0.05, 0) is 87.7 Å². The quantitative estimate of drug-likeness (QED) is 0.218. The molecule has 1 amide bonds. The van der Waals surface area contributed by atoms with E-state index >= 15 is 0 Å². The minimum Gasteiger partial charge on any atom is -0.494 e. The lowest BCUT2D eigenvalue weighted by molar-refractivity contribution is -0.137. The predicted molar refractivity (Wildman–Crippen MR) is 140 cm³/mol. The van der Waals surface area contributed by atoms with Crippen LogP contribution >= 0.6 is 22.6 Å². The number of hydrogen-bond acceptors (Lipinski definition) is 4. The van der Waals surface area contributed by atoms with Crippen LogP contribution in [-0.4, -0.2) is 53.1 Å². The van der Waals surface area contributed by atoms with Crippen LogP contribution in [0.25, 0.3) is 0 Å². The Kier molecular flexibility index (Phi) is 8.46. The summed E-state index contributed by atoms with van der Waals surface area (Å²) in [5.74, 6) is 0.818. The van der Waals surface area contributed by atoms with Crippen molar-refractivity contribution >= 4 is 39.9 Å². The summed E-state index contributed by atoms with van der Waals surface area (Å²) in [7, 11) is 0. The first-order valence-corrected chi connectivity index (χ1v) is 13.3. The van der Waals surface area contributed by atoms with E-state index in [-0.39, 0.29) is 15.9 Å². The van der Waals surface area contributed by atoms with Crippen LogP contribution in [0.2, 0.25) is 0 Å². The van der Waals surface area contributed by atoms with E-state index in [1.54, 1.807) is 4.90 Å². The molecule has 2 unspecified atom stereocenters. The van der Waals surface area contributed by atoms with E-state index in [1.165, 1.54) is 31.5 Å². The van der Waals surface area contributed by atoms with Gasteiger partial charge in [0.05, 0.1) is 22.1 Å². The number of carbonyl (C=O) groups is 1. The van der Waals surface area contributed by atoms with E-state index in [0.717, 1.165) is 36.5 Å². The molecule has 2 aliphatic heterocycles. The first kappa shape index (κ1) is 26.1. The Morgan fingerprint density at radius 3 is 2.46 bits per heavy atom. The molecule has 9 heteroatoms. The maximum absolute atomic E-state index is 12.9. The van der Waals surface area contributed by atoms with Crippen LogP contribution in [0.15, 0.2) is 48.5 Å². The Morgan fingerprint density at radius 2 is 1.83 bits per heavy atom. The van der Waals surface area contributed by atoms with Crippen molar-refractivity contribution in [1.82, 2.24) is 4.90 Å². The molecule has 2 aliphatic rings. The molecule has 2 fully saturated rings. The van der Waals surface area contributed by atoms with Gasteiger partial charge in [-0.2, -0.15) is 13.2 Å². The summed E-state index contributed by atoms with van der Waals surface area (Å²) in [6.07, 6.45) is -0.164. The molecule has 190 valence electrons. The summed E-state index contributed by atoms with van der Waals surface area (Å²) in [5, 5.41) is 3.18. The molecular formula is C26H31F3IN3O2. The monoisotopic (exact) mass is 601 g/mol. The Balaban J connectivity index is 1.31. The number of carbonyl (C=O) groups excluding carboxylic acids is 1. The Morgan fingerprint density at radius 1 is 1.11 bits per heavy atom. The molecule has 4 rings (SSSR count). The number of benzene rings is 2. The summed E-state index contributed by atoms with van der Waals surface area (Å²) >= 11 is 2.16. The van der Waals surface area contributed by atoms with Crippen molar-refractivity contribution in [2.45, 2.75) is 54.8 Å². The van der Waals surface area contributed by atoms with Gasteiger partial charge in [0.15, 0.2) is 0 Å². The first-order chi connectivity index (χ1) is 16.7. The second-order valence-corrected chi connectivity index (χ2v) is 10.7. The molecule has 2 aromatic carbocycles. The summed E-state index contributed by atoms with van der Waals surface area (Å²) < 4.78 is 44.1. The third-order valence-electron chi connectivity index (χ3n) is 6.77. The van der Waals surface area contributed by atoms with Crippen LogP contribution < -0.4 is 15.0 Å². The van der Waals surface area contributed by atoms with Crippen LogP contribution in [0.4, 0.5) is 24.5 Å². The third kappa shape index (κ3) is 6.61. The highest BCUT2D eigenvalue weighted by Gasteiger charge is 2.38. The van der Waals surface area contributed by atoms with E-state index in [9.17, 15) is 18.0 Å². The van der Waals surface area contributed by atoms with Gasteiger partial charge >= 0.3 is 6.18 Å². The van der Waals surface area contributed by atoms with Crippen molar-refractivity contribution in [1.29, 1.82) is 0 Å². The number of nitrogens with zero attached hydrogens (tertiary/aromatic N) is 2. The van der Waals surface area contributed by atoms with Gasteiger partial charge in [-0.15, -0.1) is 0 Å². The molecule has 0 bridgehead atoms. The third-order valence-corrected chi connectivity index (χ3v) is 7.81. The highest BCUT2D eigenvalue weighted by Crippen LogP contribution is 2.33. The minimum atomic E-state index is -4.36. The number of alkyl halides is 4. The van der Waals surface area contributed by atoms with Crippen molar-refractivity contribution in [3.63, 3.8) is 0 Å². The van der Waals surface area contributed by atoms with Gasteiger partial charge in [0.1, 0.15) is 5.75 Å². The minimum absolute atomic E-state index is 0.0400. The fourth-order valence-electron chi connectivity index (χ4n) is 4.79. The molecule has 0 aliphatic carbocycles. The van der Waals surface area contributed by atoms with Crippen molar-refractivity contribution in [2.75, 3.05) is 36.5 Å². The average molecular weight is 601 g/mol. The highest BCUT2D eigenvalue weighted by molar-refractivity contribution is 14.1. The largest absolute Gasteiger partial charge is 0.494 e. The number of anilines is 2. The number of likely N-dealkylation sites (tertiary alicyclic amines) is 1. The zero-order valence-electron chi connectivity index (χ0n) is 19.7. The summed E-state index contributed by atoms with van der Waals surface area (Å²) in [5.41, 5.74) is 0.710. The molecule has 2 saturated heterocycles. The van der Waals surface area contributed by atoms with Crippen LogP contribution in [-0.2, 0) is 11.0 Å². The number of rotatable bonds is 9. The normalized spacial score (nSPS) is 23.2. The fourth-order valence-corrected chi connectivity index (χ4v) is 5.67. The van der Waals surface area contributed by atoms with Gasteiger partial charge in [-0.3, -0.25) is 4.79 Å². The summed E-state index contributed by atoms with van der Waals surface area (Å²) in [6.45, 7) is 5.60. The van der Waals surface area contributed by atoms with E-state index < -0.39 is 11.7 Å². The lowest BCUT2D eigenvalue weighted by Gasteiger charge is -2.26. The molecule has 2 heterocycles. The molecule has 1 N–H and O–H groups in total. The molecule has 0 saturated carbocycles. The smallest absolute Gasteiger partial charge is 0.416 e. The van der Waals surface area contributed by atoms with Gasteiger partial charge in [-0.1, -0.05) is 22.6 Å². The number of halogens is 4. The summed E-state index contributed by atoms with van der Waals surface area (Å²) in [4.78, 5) is 17.1. The second kappa shape index (κ2) is 11.4. The molecular weight excluding hydrogens is 570 g/mol. The zero-order valence-corrected chi connectivity index (χ0v) is 21.9. The predicted octanol–water partition coefficient (Wildman–Crippen LogP) is 5.98. The van der Waals surface area contributed by atoms with E-state index in [1.807, 2.05) is 24.3 Å². The molecule has 0 aromatic heterocycles. The van der Waals surface area contributed by atoms with E-state index in [4.69, 9.17) is 4.74 Å². The average Bonchev–Trinajstić information content (AvgIpc) is 3.37. The van der Waals surface area contributed by atoms with Crippen LogP contribution in [0.5, 0.6) is 5.75 Å². The van der Waals surface area contributed by atoms with Crippen molar-refractivity contribution in [2.24, 2.45) is 0 Å². The number of ether oxygens (including phenoxy) is 1. The standard InChI is InChI=1S/C26H31F3IN3O2/c1-18-4-2-13-32(18)14-3-15-35-23-11-9-21(10-12-23)33-22(16-24(30)25(33)34)17-31-20-7-5-19(6-8-20)26(27,28)29/h5-12,18,22,24,31H,2-4,13-17H2,1H3/t18?,22-,24?/m0/s1. The van der Waals surface area contributed by atoms with Gasteiger partial charge in [0.2, 0.25) is 5.91 Å². The lowest BCUT2D eigenvalue weighted by Crippen LogP contribution is -2.38. The first-order valence-electron chi connectivity index (χ1n) is 12.1. The number of nitrogens with one attached hydrogen (secondary N) is 1. The fraction of sp³-hybridized carbons (Fsp3) is 0.500. The van der Waals surface area contributed by atoms with E-state index in [0.29, 0.717) is 31.3 Å². The van der Waals surface area contributed by atoms with Crippen molar-refractivity contribution < 1.29 is 22.7 Å². The van der Waals surface area contributed by atoms with Gasteiger partial charge in [0.25, 0.3) is 0 Å². The molecule has 3 atom stereocenters. The topological polar surface area (TPSA) is 44.8 Å². The van der Waals surface area contributed by atoms with Crippen molar-refractivity contribution in [3.8, 4) is 5.75 Å². The Bertz CT molecular complexity index is 985. The van der Waals surface area contributed by atoms with Crippen LogP contribution in [0.1, 0.15) is 38.2 Å². The SMILES string of the molecule is CC1CCCN1CCCOc1ccc(N2C(=O)C(I)C[C@H]2CNc2ccc(C(F)(F)F)cc2)cc1. The molecule has 35 heavy (non-hydrogen) atoms. The Labute approximate surface area is 218 Å². The zero-order chi connectivity index (χ0) is 25.0. The highest BCUT2D eigenvalue weighted by atomic mass is 127. The van der Waals surface area contributed by atoms with E-state index in [2.05, 4.69) is 39.7 Å². The number of amides is 1. The lowest BCUT2D eigenvalue weighted by atomic mass is 10.1. The molecule has 0 spiro atoms. The summed E-state index contributed by atoms with van der Waals surface area (Å²) in [6, 6.07) is 13.1. The molecule has 5 nitrogen and oxygen atoms in total. The van der Waals surface area contributed by atoms with Crippen LogP contribution in [0.3, 0.4) is 0 Å². The second-order valence-electron chi connectivity index (χ2n) is 9.24. The van der Waals surface area contributed by atoms with Gasteiger partial charge < -0.3 is 19.9 Å². The van der Waals surface area contributed by atoms with Crippen molar-refractivity contribution in [3.05, 3.63) is 54.1 Å². The molecule has 0 radical (unpaired) electrons. The number of hydrogen-bond donors (Lipinski definition) is 1. The maximum atomic E-state index is 12.9. The van der Waals surface area contributed by atoms with Gasteiger partial charge in [0, 0.05) is 30.5 Å². The van der Waals surface area contributed by atoms with Gasteiger partial charge in [-0.25, -0.2) is 0 Å². The molecule has 2 aromatic rings. The van der Waals surface area contributed by atoms with Crippen LogP contribution in [0, 0.1) is 0 Å². The maximum Gasteiger partial charge on any atom is 0.416 e. The Hall–Kier alpha value is -2.01.